The van der Waals surface area contributed by atoms with Crippen molar-refractivity contribution in [3.05, 3.63) is 77.5 Å². The van der Waals surface area contributed by atoms with Gasteiger partial charge in [0.25, 0.3) is 5.91 Å². The summed E-state index contributed by atoms with van der Waals surface area (Å²) in [7, 11) is 0. The first-order valence-corrected chi connectivity index (χ1v) is 10.6. The summed E-state index contributed by atoms with van der Waals surface area (Å²) in [4.78, 5) is 18.8. The number of rotatable bonds is 8. The van der Waals surface area contributed by atoms with E-state index in [1.165, 1.54) is 11.0 Å². The van der Waals surface area contributed by atoms with E-state index in [9.17, 15) is 18.0 Å². The van der Waals surface area contributed by atoms with Gasteiger partial charge in [-0.3, -0.25) is 9.78 Å². The molecule has 0 saturated heterocycles. The van der Waals surface area contributed by atoms with E-state index in [4.69, 9.17) is 9.84 Å². The third kappa shape index (κ3) is 5.90. The Morgan fingerprint density at radius 1 is 1.03 bits per heavy atom. The van der Waals surface area contributed by atoms with Crippen molar-refractivity contribution >= 4 is 5.91 Å². The average Bonchev–Trinajstić information content (AvgIpc) is 2.80. The number of aliphatic hydroxyl groups excluding tert-OH is 1. The van der Waals surface area contributed by atoms with Crippen molar-refractivity contribution in [3.63, 3.8) is 0 Å². The predicted octanol–water partition coefficient (Wildman–Crippen LogP) is 5.58. The molecule has 0 aliphatic carbocycles. The number of pyridine rings is 1. The van der Waals surface area contributed by atoms with Gasteiger partial charge in [0.2, 0.25) is 0 Å². The highest BCUT2D eigenvalue weighted by Gasteiger charge is 2.32. The molecule has 0 bridgehead atoms. The number of carbonyl (C=O) groups is 1. The minimum absolute atomic E-state index is 0.00487. The highest BCUT2D eigenvalue weighted by molar-refractivity contribution is 5.97. The fourth-order valence-corrected chi connectivity index (χ4v) is 3.36. The van der Waals surface area contributed by atoms with Crippen molar-refractivity contribution in [1.82, 2.24) is 9.88 Å². The van der Waals surface area contributed by atoms with Gasteiger partial charge in [0, 0.05) is 37.4 Å². The number of aromatic nitrogens is 1. The van der Waals surface area contributed by atoms with Gasteiger partial charge in [-0.15, -0.1) is 0 Å². The molecule has 1 heterocycles. The molecular formula is C25H25F3N2O3. The van der Waals surface area contributed by atoms with Gasteiger partial charge in [0.15, 0.2) is 0 Å². The second kappa shape index (κ2) is 10.5. The highest BCUT2D eigenvalue weighted by atomic mass is 19.4. The summed E-state index contributed by atoms with van der Waals surface area (Å²) in [5.41, 5.74) is 1.25. The molecule has 174 valence electrons. The number of hydrogen-bond donors (Lipinski definition) is 1. The number of ether oxygens (including phenoxy) is 1. The molecule has 0 fully saturated rings. The maximum Gasteiger partial charge on any atom is 0.416 e. The molecule has 0 spiro atoms. The third-order valence-electron chi connectivity index (χ3n) is 5.14. The number of benzene rings is 2. The van der Waals surface area contributed by atoms with E-state index < -0.39 is 17.6 Å². The van der Waals surface area contributed by atoms with Crippen LogP contribution in [-0.2, 0) is 12.6 Å². The molecule has 0 atom stereocenters. The van der Waals surface area contributed by atoms with Crippen molar-refractivity contribution in [1.29, 1.82) is 0 Å². The summed E-state index contributed by atoms with van der Waals surface area (Å²) in [6.07, 6.45) is -4.12. The molecule has 3 aromatic rings. The molecule has 3 rings (SSSR count). The van der Waals surface area contributed by atoms with E-state index in [0.717, 1.165) is 29.1 Å². The summed E-state index contributed by atoms with van der Waals surface area (Å²) in [6, 6.07) is 15.3. The van der Waals surface area contributed by atoms with Crippen LogP contribution in [0.1, 0.15) is 35.5 Å². The van der Waals surface area contributed by atoms with Gasteiger partial charge >= 0.3 is 6.18 Å². The number of hydrogen-bond acceptors (Lipinski definition) is 4. The second-order valence-corrected chi connectivity index (χ2v) is 7.30. The summed E-state index contributed by atoms with van der Waals surface area (Å²) >= 11 is 0. The molecule has 33 heavy (non-hydrogen) atoms. The molecule has 0 radical (unpaired) electrons. The normalized spacial score (nSPS) is 11.3. The van der Waals surface area contributed by atoms with Gasteiger partial charge in [-0.05, 0) is 68.4 Å². The Labute approximate surface area is 190 Å². The van der Waals surface area contributed by atoms with Crippen molar-refractivity contribution in [3.8, 4) is 22.8 Å². The van der Waals surface area contributed by atoms with Crippen LogP contribution < -0.4 is 4.74 Å². The first-order valence-electron chi connectivity index (χ1n) is 10.6. The minimum atomic E-state index is -4.57. The van der Waals surface area contributed by atoms with E-state index in [0.29, 0.717) is 25.3 Å². The molecule has 0 aliphatic heterocycles. The Kier molecular flexibility index (Phi) is 7.71. The van der Waals surface area contributed by atoms with Crippen LogP contribution >= 0.6 is 0 Å². The molecule has 0 saturated carbocycles. The Balaban J connectivity index is 1.91. The van der Waals surface area contributed by atoms with Crippen LogP contribution in [0.4, 0.5) is 13.2 Å². The zero-order valence-electron chi connectivity index (χ0n) is 18.4. The topological polar surface area (TPSA) is 62.7 Å². The third-order valence-corrected chi connectivity index (χ3v) is 5.14. The van der Waals surface area contributed by atoms with Crippen LogP contribution in [0.2, 0.25) is 0 Å². The fraction of sp³-hybridized carbons (Fsp3) is 0.280. The SMILES string of the molecule is CCN(CC)C(=O)c1cc(C(F)(F)F)ccc1Oc1ccc(-c2cccc(CCO)n2)cc1. The number of aliphatic hydroxyl groups is 1. The van der Waals surface area contributed by atoms with Crippen molar-refractivity contribution in [2.75, 3.05) is 19.7 Å². The second-order valence-electron chi connectivity index (χ2n) is 7.30. The maximum atomic E-state index is 13.3. The summed E-state index contributed by atoms with van der Waals surface area (Å²) in [5.74, 6) is -0.100. The lowest BCUT2D eigenvalue weighted by atomic mass is 10.1. The number of amides is 1. The van der Waals surface area contributed by atoms with E-state index in [2.05, 4.69) is 4.98 Å². The lowest BCUT2D eigenvalue weighted by Gasteiger charge is -2.21. The first kappa shape index (κ1) is 24.3. The van der Waals surface area contributed by atoms with Gasteiger partial charge < -0.3 is 14.7 Å². The number of carbonyl (C=O) groups excluding carboxylic acids is 1. The predicted molar refractivity (Wildman–Crippen MR) is 119 cm³/mol. The molecule has 0 aliphatic rings. The Morgan fingerprint density at radius 2 is 1.73 bits per heavy atom. The molecule has 0 unspecified atom stereocenters. The first-order chi connectivity index (χ1) is 15.8. The minimum Gasteiger partial charge on any atom is -0.457 e. The van der Waals surface area contributed by atoms with E-state index in [1.54, 1.807) is 38.1 Å². The summed E-state index contributed by atoms with van der Waals surface area (Å²) in [6.45, 7) is 4.25. The van der Waals surface area contributed by atoms with Crippen molar-refractivity contribution in [2.24, 2.45) is 0 Å². The number of nitrogens with zero attached hydrogens (tertiary/aromatic N) is 2. The fourth-order valence-electron chi connectivity index (χ4n) is 3.36. The maximum absolute atomic E-state index is 13.3. The number of alkyl halides is 3. The Bertz CT molecular complexity index is 1090. The molecule has 1 N–H and O–H groups in total. The smallest absolute Gasteiger partial charge is 0.416 e. The molecule has 5 nitrogen and oxygen atoms in total. The zero-order chi connectivity index (χ0) is 24.0. The molecule has 1 aromatic heterocycles. The van der Waals surface area contributed by atoms with Crippen LogP contribution in [0.3, 0.4) is 0 Å². The highest BCUT2D eigenvalue weighted by Crippen LogP contribution is 2.35. The van der Waals surface area contributed by atoms with E-state index in [1.807, 2.05) is 18.2 Å². The van der Waals surface area contributed by atoms with Gasteiger partial charge in [-0.1, -0.05) is 6.07 Å². The molecular weight excluding hydrogens is 433 g/mol. The quantitative estimate of drug-likeness (QED) is 0.479. The van der Waals surface area contributed by atoms with Gasteiger partial charge in [0.05, 0.1) is 16.8 Å². The number of halogens is 3. The largest absolute Gasteiger partial charge is 0.457 e. The van der Waals surface area contributed by atoms with E-state index in [-0.39, 0.29) is 17.9 Å². The van der Waals surface area contributed by atoms with Gasteiger partial charge in [0.1, 0.15) is 11.5 Å². The van der Waals surface area contributed by atoms with Crippen LogP contribution in [-0.4, -0.2) is 40.6 Å². The van der Waals surface area contributed by atoms with Crippen LogP contribution in [0, 0.1) is 0 Å². The van der Waals surface area contributed by atoms with E-state index >= 15 is 0 Å². The zero-order valence-corrected chi connectivity index (χ0v) is 18.4. The average molecular weight is 458 g/mol. The van der Waals surface area contributed by atoms with Crippen LogP contribution in [0.5, 0.6) is 11.5 Å². The van der Waals surface area contributed by atoms with Gasteiger partial charge in [-0.25, -0.2) is 0 Å². The molecule has 8 heteroatoms. The monoisotopic (exact) mass is 458 g/mol. The lowest BCUT2D eigenvalue weighted by molar-refractivity contribution is -0.137. The Hall–Kier alpha value is -3.39. The molecule has 1 amide bonds. The Morgan fingerprint density at radius 3 is 2.33 bits per heavy atom. The molecule has 2 aromatic carbocycles. The summed E-state index contributed by atoms with van der Waals surface area (Å²) in [5, 5.41) is 9.10. The van der Waals surface area contributed by atoms with Crippen molar-refractivity contribution < 1.29 is 27.8 Å². The van der Waals surface area contributed by atoms with Crippen LogP contribution in [0.15, 0.2) is 60.7 Å². The van der Waals surface area contributed by atoms with Gasteiger partial charge in [-0.2, -0.15) is 13.2 Å². The standard InChI is InChI=1S/C25H25F3N2O3/c1-3-30(4-2)24(32)21-16-18(25(26,27)28)10-13-23(21)33-20-11-8-17(9-12-20)22-7-5-6-19(29-22)14-15-31/h5-13,16,31H,3-4,14-15H2,1-2H3. The van der Waals surface area contributed by atoms with Crippen molar-refractivity contribution in [2.45, 2.75) is 26.4 Å². The van der Waals surface area contributed by atoms with Crippen LogP contribution in [0.25, 0.3) is 11.3 Å². The lowest BCUT2D eigenvalue weighted by Crippen LogP contribution is -2.31. The summed E-state index contributed by atoms with van der Waals surface area (Å²) < 4.78 is 45.6.